The molecular weight excluding hydrogens is 313 g/mol. The normalized spacial score (nSPS) is 15.0. The molecule has 1 aliphatic rings. The maximum Gasteiger partial charge on any atom is 0.135 e. The summed E-state index contributed by atoms with van der Waals surface area (Å²) in [6, 6.07) is 13.6. The van der Waals surface area contributed by atoms with Crippen molar-refractivity contribution in [2.75, 3.05) is 13.1 Å². The van der Waals surface area contributed by atoms with Crippen molar-refractivity contribution < 1.29 is 4.39 Å². The molecule has 3 nitrogen and oxygen atoms in total. The maximum atomic E-state index is 13.0. The van der Waals surface area contributed by atoms with Gasteiger partial charge in [0.05, 0.1) is 24.1 Å². The Balaban J connectivity index is 1.70. The minimum absolute atomic E-state index is 0.424. The number of aromatic nitrogens is 2. The largest absolute Gasteiger partial charge is 0.366 e. The molecule has 0 N–H and O–H groups in total. The van der Waals surface area contributed by atoms with Crippen LogP contribution in [0, 0.1) is 0 Å². The molecule has 1 aromatic heterocycles. The molecule has 0 spiro atoms. The Kier molecular flexibility index (Phi) is 3.34. The van der Waals surface area contributed by atoms with E-state index in [4.69, 9.17) is 11.6 Å². The molecule has 5 heteroatoms. The number of hydrogen-bond acceptors (Lipinski definition) is 2. The number of fused-ring (bicyclic) bond motifs is 1. The Bertz CT molecular complexity index is 896. The van der Waals surface area contributed by atoms with Crippen LogP contribution >= 0.6 is 11.6 Å². The standard InChI is InChI=1S/C18H15ClFN3/c1-12(22-9-15(20)10-22)13-5-6-18-17(7-13)21-11-23(18)16-4-2-3-14(19)8-16/h2-8,11,15H,1,9-10H2. The van der Waals surface area contributed by atoms with Crippen LogP contribution in [-0.4, -0.2) is 33.7 Å². The maximum absolute atomic E-state index is 13.0. The van der Waals surface area contributed by atoms with Gasteiger partial charge in [-0.3, -0.25) is 4.57 Å². The van der Waals surface area contributed by atoms with Crippen molar-refractivity contribution in [2.24, 2.45) is 0 Å². The first-order chi connectivity index (χ1) is 11.1. The highest BCUT2D eigenvalue weighted by atomic mass is 35.5. The molecule has 0 bridgehead atoms. The van der Waals surface area contributed by atoms with Crippen LogP contribution in [0.4, 0.5) is 4.39 Å². The lowest BCUT2D eigenvalue weighted by atomic mass is 10.1. The number of likely N-dealkylation sites (tertiary alicyclic amines) is 1. The van der Waals surface area contributed by atoms with Crippen LogP contribution in [-0.2, 0) is 0 Å². The van der Waals surface area contributed by atoms with E-state index in [1.807, 2.05) is 51.9 Å². The smallest absolute Gasteiger partial charge is 0.135 e. The monoisotopic (exact) mass is 327 g/mol. The second-order valence-corrected chi connectivity index (χ2v) is 6.18. The Morgan fingerprint density at radius 1 is 1.22 bits per heavy atom. The van der Waals surface area contributed by atoms with Crippen LogP contribution in [0.15, 0.2) is 55.4 Å². The number of alkyl halides is 1. The van der Waals surface area contributed by atoms with Crippen LogP contribution < -0.4 is 0 Å². The molecule has 2 heterocycles. The van der Waals surface area contributed by atoms with Gasteiger partial charge in [-0.25, -0.2) is 9.37 Å². The Morgan fingerprint density at radius 3 is 2.78 bits per heavy atom. The van der Waals surface area contributed by atoms with Crippen molar-refractivity contribution in [3.8, 4) is 5.69 Å². The molecular formula is C18H15ClFN3. The topological polar surface area (TPSA) is 21.1 Å². The lowest BCUT2D eigenvalue weighted by Crippen LogP contribution is -2.46. The van der Waals surface area contributed by atoms with E-state index in [9.17, 15) is 4.39 Å². The van der Waals surface area contributed by atoms with Gasteiger partial charge in [-0.2, -0.15) is 0 Å². The summed E-state index contributed by atoms with van der Waals surface area (Å²) in [5.74, 6) is 0. The third-order valence-electron chi connectivity index (χ3n) is 4.19. The third kappa shape index (κ3) is 2.49. The molecule has 0 radical (unpaired) electrons. The molecule has 0 unspecified atom stereocenters. The lowest BCUT2D eigenvalue weighted by molar-refractivity contribution is 0.122. The highest BCUT2D eigenvalue weighted by Gasteiger charge is 2.27. The van der Waals surface area contributed by atoms with Gasteiger partial charge in [0.25, 0.3) is 0 Å². The molecule has 4 rings (SSSR count). The second-order valence-electron chi connectivity index (χ2n) is 5.75. The molecule has 2 aromatic carbocycles. The Labute approximate surface area is 138 Å². The molecule has 1 saturated heterocycles. The minimum atomic E-state index is -0.738. The van der Waals surface area contributed by atoms with Gasteiger partial charge in [0.15, 0.2) is 0 Å². The van der Waals surface area contributed by atoms with E-state index >= 15 is 0 Å². The van der Waals surface area contributed by atoms with Crippen molar-refractivity contribution in [1.82, 2.24) is 14.5 Å². The quantitative estimate of drug-likeness (QED) is 0.715. The number of halogens is 2. The lowest BCUT2D eigenvalue weighted by Gasteiger charge is -2.37. The van der Waals surface area contributed by atoms with Crippen LogP contribution in [0.1, 0.15) is 5.56 Å². The summed E-state index contributed by atoms with van der Waals surface area (Å²) in [5, 5.41) is 0.688. The molecule has 116 valence electrons. The van der Waals surface area contributed by atoms with Gasteiger partial charge < -0.3 is 4.90 Å². The van der Waals surface area contributed by atoms with Gasteiger partial charge >= 0.3 is 0 Å². The highest BCUT2D eigenvalue weighted by molar-refractivity contribution is 6.30. The second kappa shape index (κ2) is 5.39. The van der Waals surface area contributed by atoms with Gasteiger partial charge in [-0.15, -0.1) is 0 Å². The summed E-state index contributed by atoms with van der Waals surface area (Å²) >= 11 is 6.07. The number of benzene rings is 2. The van der Waals surface area contributed by atoms with Crippen LogP contribution in [0.25, 0.3) is 22.4 Å². The first-order valence-corrected chi connectivity index (χ1v) is 7.81. The van der Waals surface area contributed by atoms with E-state index < -0.39 is 6.17 Å². The summed E-state index contributed by atoms with van der Waals surface area (Å²) in [5.41, 5.74) is 4.66. The van der Waals surface area contributed by atoms with Gasteiger partial charge in [-0.1, -0.05) is 30.3 Å². The Hall–Kier alpha value is -2.33. The van der Waals surface area contributed by atoms with Crippen LogP contribution in [0.5, 0.6) is 0 Å². The number of imidazole rings is 1. The van der Waals surface area contributed by atoms with Crippen molar-refractivity contribution in [1.29, 1.82) is 0 Å². The first kappa shape index (κ1) is 14.3. The molecule has 1 fully saturated rings. The molecule has 23 heavy (non-hydrogen) atoms. The Morgan fingerprint density at radius 2 is 2.04 bits per heavy atom. The summed E-state index contributed by atoms with van der Waals surface area (Å²) in [4.78, 5) is 6.42. The van der Waals surface area contributed by atoms with Crippen LogP contribution in [0.3, 0.4) is 0 Å². The number of nitrogens with zero attached hydrogens (tertiary/aromatic N) is 3. The first-order valence-electron chi connectivity index (χ1n) is 7.43. The van der Waals surface area contributed by atoms with Gasteiger partial charge in [0.1, 0.15) is 12.5 Å². The zero-order valence-electron chi connectivity index (χ0n) is 12.4. The predicted octanol–water partition coefficient (Wildman–Crippen LogP) is 4.30. The molecule has 0 saturated carbocycles. The fourth-order valence-electron chi connectivity index (χ4n) is 2.85. The van der Waals surface area contributed by atoms with Crippen molar-refractivity contribution in [3.05, 3.63) is 66.0 Å². The third-order valence-corrected chi connectivity index (χ3v) is 4.42. The molecule has 1 aliphatic heterocycles. The average Bonchev–Trinajstić information content (AvgIpc) is 2.94. The molecule has 0 atom stereocenters. The fourth-order valence-corrected chi connectivity index (χ4v) is 3.04. The number of rotatable bonds is 3. The summed E-state index contributed by atoms with van der Waals surface area (Å²) in [6.07, 6.45) is 1.04. The fraction of sp³-hybridized carbons (Fsp3) is 0.167. The molecule has 3 aromatic rings. The van der Waals surface area contributed by atoms with E-state index in [0.717, 1.165) is 28.0 Å². The average molecular weight is 328 g/mol. The van der Waals surface area contributed by atoms with Gasteiger partial charge in [-0.05, 0) is 35.9 Å². The minimum Gasteiger partial charge on any atom is -0.366 e. The highest BCUT2D eigenvalue weighted by Crippen LogP contribution is 2.28. The molecule has 0 aliphatic carbocycles. The summed E-state index contributed by atoms with van der Waals surface area (Å²) in [6.45, 7) is 4.92. The SMILES string of the molecule is C=C(c1ccc2c(c1)ncn2-c1cccc(Cl)c1)N1CC(F)C1. The van der Waals surface area contributed by atoms with E-state index in [0.29, 0.717) is 18.1 Å². The molecule has 0 amide bonds. The van der Waals surface area contributed by atoms with E-state index in [1.54, 1.807) is 6.33 Å². The van der Waals surface area contributed by atoms with Gasteiger partial charge in [0.2, 0.25) is 0 Å². The van der Waals surface area contributed by atoms with E-state index in [-0.39, 0.29) is 0 Å². The zero-order valence-corrected chi connectivity index (χ0v) is 13.2. The summed E-state index contributed by atoms with van der Waals surface area (Å²) < 4.78 is 15.0. The summed E-state index contributed by atoms with van der Waals surface area (Å²) in [7, 11) is 0. The van der Waals surface area contributed by atoms with Crippen molar-refractivity contribution in [2.45, 2.75) is 6.17 Å². The van der Waals surface area contributed by atoms with E-state index in [2.05, 4.69) is 11.6 Å². The van der Waals surface area contributed by atoms with Crippen molar-refractivity contribution in [3.63, 3.8) is 0 Å². The number of hydrogen-bond donors (Lipinski definition) is 0. The van der Waals surface area contributed by atoms with Crippen molar-refractivity contribution >= 4 is 28.3 Å². The van der Waals surface area contributed by atoms with E-state index in [1.165, 1.54) is 0 Å². The van der Waals surface area contributed by atoms with Crippen LogP contribution in [0.2, 0.25) is 5.02 Å². The predicted molar refractivity (Wildman–Crippen MR) is 91.6 cm³/mol. The van der Waals surface area contributed by atoms with Gasteiger partial charge in [0, 0.05) is 16.4 Å². The zero-order chi connectivity index (χ0) is 16.0.